The summed E-state index contributed by atoms with van der Waals surface area (Å²) in [5.74, 6) is 2.83. The molecule has 0 aliphatic heterocycles. The van der Waals surface area contributed by atoms with Crippen LogP contribution in [0.4, 0.5) is 0 Å². The maximum atomic E-state index is 2.65. The molecule has 2 fully saturated rings. The first kappa shape index (κ1) is 9.93. The minimum Gasteiger partial charge on any atom is -0.0791 e. The first-order valence-corrected chi connectivity index (χ1v) is 6.65. The van der Waals surface area contributed by atoms with Crippen LogP contribution in [0.25, 0.3) is 0 Å². The normalized spacial score (nSPS) is 51.5. The van der Waals surface area contributed by atoms with Gasteiger partial charge in [0.05, 0.1) is 0 Å². The Morgan fingerprint density at radius 2 is 1.87 bits per heavy atom. The Morgan fingerprint density at radius 3 is 2.60 bits per heavy atom. The molecule has 0 radical (unpaired) electrons. The zero-order chi connectivity index (χ0) is 10.8. The molecule has 0 saturated heterocycles. The fourth-order valence-electron chi connectivity index (χ4n) is 4.40. The summed E-state index contributed by atoms with van der Waals surface area (Å²) >= 11 is 0. The van der Waals surface area contributed by atoms with Crippen LogP contribution in [0, 0.1) is 28.6 Å². The zero-order valence-corrected chi connectivity index (χ0v) is 10.6. The van der Waals surface area contributed by atoms with E-state index >= 15 is 0 Å². The van der Waals surface area contributed by atoms with Gasteiger partial charge < -0.3 is 0 Å². The zero-order valence-electron chi connectivity index (χ0n) is 10.6. The Bertz CT molecular complexity index is 323. The molecule has 3 aliphatic rings. The molecule has 3 aliphatic carbocycles. The predicted molar refractivity (Wildman–Crippen MR) is 64.6 cm³/mol. The van der Waals surface area contributed by atoms with Crippen LogP contribution in [0.15, 0.2) is 11.6 Å². The van der Waals surface area contributed by atoms with Gasteiger partial charge in [-0.25, -0.2) is 0 Å². The Balaban J connectivity index is 2.03. The molecule has 0 N–H and O–H groups in total. The van der Waals surface area contributed by atoms with E-state index in [4.69, 9.17) is 0 Å². The monoisotopic (exact) mass is 204 g/mol. The highest BCUT2D eigenvalue weighted by molar-refractivity contribution is 5.28. The quantitative estimate of drug-likeness (QED) is 0.513. The molecule has 0 heteroatoms. The Hall–Kier alpha value is -0.260. The molecule has 4 unspecified atom stereocenters. The molecule has 0 nitrogen and oxygen atoms in total. The van der Waals surface area contributed by atoms with Gasteiger partial charge in [0.1, 0.15) is 0 Å². The molecule has 0 bridgehead atoms. The topological polar surface area (TPSA) is 0 Å². The highest BCUT2D eigenvalue weighted by Gasteiger charge is 2.59. The van der Waals surface area contributed by atoms with Gasteiger partial charge in [0.25, 0.3) is 0 Å². The van der Waals surface area contributed by atoms with Crippen molar-refractivity contribution < 1.29 is 0 Å². The fourth-order valence-corrected chi connectivity index (χ4v) is 4.40. The van der Waals surface area contributed by atoms with Gasteiger partial charge in [0.2, 0.25) is 0 Å². The van der Waals surface area contributed by atoms with Gasteiger partial charge in [-0.15, -0.1) is 0 Å². The molecule has 0 heterocycles. The summed E-state index contributed by atoms with van der Waals surface area (Å²) in [7, 11) is 0. The fraction of sp³-hybridized carbons (Fsp3) is 0.867. The van der Waals surface area contributed by atoms with Crippen molar-refractivity contribution in [3.05, 3.63) is 11.6 Å². The second-order valence-corrected chi connectivity index (χ2v) is 7.27. The SMILES string of the molecule is CC1CCC2C1=CC(C)(C)CC1CC12C. The second-order valence-electron chi connectivity index (χ2n) is 7.27. The molecule has 0 amide bonds. The van der Waals surface area contributed by atoms with E-state index in [0.717, 1.165) is 17.8 Å². The summed E-state index contributed by atoms with van der Waals surface area (Å²) < 4.78 is 0. The average molecular weight is 204 g/mol. The molecule has 0 aromatic carbocycles. The lowest BCUT2D eigenvalue weighted by molar-refractivity contribution is 0.328. The Morgan fingerprint density at radius 1 is 1.13 bits per heavy atom. The smallest absolute Gasteiger partial charge is 0.0143 e. The summed E-state index contributed by atoms with van der Waals surface area (Å²) in [6.45, 7) is 9.86. The third-order valence-corrected chi connectivity index (χ3v) is 5.44. The summed E-state index contributed by atoms with van der Waals surface area (Å²) in [5, 5.41) is 0. The number of fused-ring (bicyclic) bond motifs is 3. The summed E-state index contributed by atoms with van der Waals surface area (Å²) in [4.78, 5) is 0. The van der Waals surface area contributed by atoms with E-state index in [0.29, 0.717) is 10.8 Å². The molecule has 2 saturated carbocycles. The molecule has 15 heavy (non-hydrogen) atoms. The van der Waals surface area contributed by atoms with Crippen LogP contribution >= 0.6 is 0 Å². The van der Waals surface area contributed by atoms with Gasteiger partial charge in [-0.3, -0.25) is 0 Å². The summed E-state index contributed by atoms with van der Waals surface area (Å²) in [6, 6.07) is 0. The molecule has 0 aromatic heterocycles. The van der Waals surface area contributed by atoms with E-state index in [-0.39, 0.29) is 0 Å². The van der Waals surface area contributed by atoms with Crippen LogP contribution in [-0.2, 0) is 0 Å². The van der Waals surface area contributed by atoms with E-state index in [9.17, 15) is 0 Å². The Labute approximate surface area is 94.1 Å². The summed E-state index contributed by atoms with van der Waals surface area (Å²) in [6.07, 6.45) is 8.49. The van der Waals surface area contributed by atoms with E-state index < -0.39 is 0 Å². The van der Waals surface area contributed by atoms with E-state index in [1.807, 2.05) is 5.57 Å². The van der Waals surface area contributed by atoms with E-state index in [1.54, 1.807) is 0 Å². The Kier molecular flexibility index (Phi) is 1.79. The molecule has 0 aromatic rings. The number of rotatable bonds is 0. The highest BCUT2D eigenvalue weighted by Crippen LogP contribution is 2.68. The van der Waals surface area contributed by atoms with Crippen LogP contribution in [0.1, 0.15) is 53.4 Å². The third kappa shape index (κ3) is 1.33. The van der Waals surface area contributed by atoms with Crippen molar-refractivity contribution in [1.82, 2.24) is 0 Å². The summed E-state index contributed by atoms with van der Waals surface area (Å²) in [5.41, 5.74) is 2.98. The molecule has 3 rings (SSSR count). The number of hydrogen-bond acceptors (Lipinski definition) is 0. The van der Waals surface area contributed by atoms with Crippen LogP contribution in [-0.4, -0.2) is 0 Å². The first-order chi connectivity index (χ1) is 6.92. The van der Waals surface area contributed by atoms with Gasteiger partial charge in [0, 0.05) is 0 Å². The lowest BCUT2D eigenvalue weighted by Crippen LogP contribution is -2.13. The minimum absolute atomic E-state index is 0.463. The van der Waals surface area contributed by atoms with E-state index in [2.05, 4.69) is 33.8 Å². The van der Waals surface area contributed by atoms with E-state index in [1.165, 1.54) is 25.7 Å². The van der Waals surface area contributed by atoms with Crippen LogP contribution in [0.3, 0.4) is 0 Å². The largest absolute Gasteiger partial charge is 0.0791 e. The standard InChI is InChI=1S/C15H24/c1-10-5-6-13-12(10)9-14(2,3)7-11-8-15(11,13)4/h9-11,13H,5-8H2,1-4H3. The van der Waals surface area contributed by atoms with Crippen molar-refractivity contribution in [1.29, 1.82) is 0 Å². The maximum absolute atomic E-state index is 2.65. The molecule has 4 atom stereocenters. The van der Waals surface area contributed by atoms with Crippen LogP contribution < -0.4 is 0 Å². The maximum Gasteiger partial charge on any atom is -0.0143 e. The molecular formula is C15H24. The minimum atomic E-state index is 0.463. The molecule has 84 valence electrons. The lowest BCUT2D eigenvalue weighted by atomic mass is 9.83. The van der Waals surface area contributed by atoms with Crippen molar-refractivity contribution >= 4 is 0 Å². The van der Waals surface area contributed by atoms with Gasteiger partial charge in [0.15, 0.2) is 0 Å². The number of hydrogen-bond donors (Lipinski definition) is 0. The van der Waals surface area contributed by atoms with Gasteiger partial charge in [-0.2, -0.15) is 0 Å². The van der Waals surface area contributed by atoms with Gasteiger partial charge in [-0.1, -0.05) is 39.3 Å². The van der Waals surface area contributed by atoms with Crippen molar-refractivity contribution in [3.8, 4) is 0 Å². The second kappa shape index (κ2) is 2.70. The van der Waals surface area contributed by atoms with Crippen molar-refractivity contribution in [2.45, 2.75) is 53.4 Å². The highest BCUT2D eigenvalue weighted by atomic mass is 14.6. The molecular weight excluding hydrogens is 180 g/mol. The van der Waals surface area contributed by atoms with Gasteiger partial charge >= 0.3 is 0 Å². The van der Waals surface area contributed by atoms with Gasteiger partial charge in [-0.05, 0) is 54.3 Å². The van der Waals surface area contributed by atoms with Crippen molar-refractivity contribution in [2.24, 2.45) is 28.6 Å². The number of allylic oxidation sites excluding steroid dienone is 2. The van der Waals surface area contributed by atoms with Crippen LogP contribution in [0.2, 0.25) is 0 Å². The average Bonchev–Trinajstić information content (AvgIpc) is 2.59. The van der Waals surface area contributed by atoms with Crippen molar-refractivity contribution in [2.75, 3.05) is 0 Å². The van der Waals surface area contributed by atoms with Crippen molar-refractivity contribution in [3.63, 3.8) is 0 Å². The molecule has 0 spiro atoms. The predicted octanol–water partition coefficient (Wildman–Crippen LogP) is 4.42. The van der Waals surface area contributed by atoms with Crippen LogP contribution in [0.5, 0.6) is 0 Å². The first-order valence-electron chi connectivity index (χ1n) is 6.65. The lowest BCUT2D eigenvalue weighted by Gasteiger charge is -2.22. The third-order valence-electron chi connectivity index (χ3n) is 5.44.